The normalized spacial score (nSPS) is 12.5. The lowest BCUT2D eigenvalue weighted by Gasteiger charge is -2.19. The fourth-order valence-corrected chi connectivity index (χ4v) is 1.67. The number of hydrogen-bond acceptors (Lipinski definition) is 2. The van der Waals surface area contributed by atoms with Crippen LogP contribution in [0.4, 0.5) is 0 Å². The Morgan fingerprint density at radius 2 is 1.95 bits per heavy atom. The third-order valence-electron chi connectivity index (χ3n) is 2.63. The molecule has 3 nitrogen and oxygen atoms in total. The molecule has 108 valence electrons. The maximum atomic E-state index is 4.62. The summed E-state index contributed by atoms with van der Waals surface area (Å²) in [5, 5.41) is 3.98. The number of nitrogens with zero attached hydrogens (tertiary/aromatic N) is 2. The van der Waals surface area contributed by atoms with Gasteiger partial charge in [-0.2, -0.15) is 11.8 Å². The standard InChI is InChI=1S/C14H23N3S.HI/c1-12(18-4)10-15-14(17(2)3)16-11-13-8-6-5-7-9-13;/h5-9,12H,10-11H2,1-4H3,(H,15,16);1H. The Hall–Kier alpha value is -0.430. The molecule has 0 saturated carbocycles. The van der Waals surface area contributed by atoms with Crippen molar-refractivity contribution in [1.82, 2.24) is 10.2 Å². The van der Waals surface area contributed by atoms with Gasteiger partial charge in [0.25, 0.3) is 0 Å². The Morgan fingerprint density at radius 3 is 2.47 bits per heavy atom. The van der Waals surface area contributed by atoms with E-state index in [2.05, 4.69) is 35.6 Å². The highest BCUT2D eigenvalue weighted by molar-refractivity contribution is 14.0. The van der Waals surface area contributed by atoms with E-state index >= 15 is 0 Å². The minimum Gasteiger partial charge on any atom is -0.355 e. The molecule has 1 aromatic carbocycles. The van der Waals surface area contributed by atoms with Crippen molar-refractivity contribution in [1.29, 1.82) is 0 Å². The largest absolute Gasteiger partial charge is 0.355 e. The van der Waals surface area contributed by atoms with Crippen LogP contribution in [0.5, 0.6) is 0 Å². The van der Waals surface area contributed by atoms with Crippen molar-refractivity contribution < 1.29 is 0 Å². The van der Waals surface area contributed by atoms with E-state index in [0.29, 0.717) is 5.25 Å². The van der Waals surface area contributed by atoms with Crippen molar-refractivity contribution in [2.75, 3.05) is 26.9 Å². The summed E-state index contributed by atoms with van der Waals surface area (Å²) >= 11 is 1.86. The second-order valence-electron chi connectivity index (χ2n) is 4.45. The van der Waals surface area contributed by atoms with Gasteiger partial charge in [0, 0.05) is 25.9 Å². The molecule has 1 N–H and O–H groups in total. The van der Waals surface area contributed by atoms with Gasteiger partial charge in [0.15, 0.2) is 5.96 Å². The summed E-state index contributed by atoms with van der Waals surface area (Å²) in [5.41, 5.74) is 1.23. The maximum Gasteiger partial charge on any atom is 0.193 e. The van der Waals surface area contributed by atoms with Crippen LogP contribution in [-0.4, -0.2) is 43.0 Å². The number of halogens is 1. The van der Waals surface area contributed by atoms with Crippen LogP contribution in [0.25, 0.3) is 0 Å². The van der Waals surface area contributed by atoms with E-state index in [1.165, 1.54) is 5.56 Å². The van der Waals surface area contributed by atoms with Crippen LogP contribution in [0.1, 0.15) is 12.5 Å². The van der Waals surface area contributed by atoms with Crippen molar-refractivity contribution in [2.45, 2.75) is 18.7 Å². The van der Waals surface area contributed by atoms with Gasteiger partial charge in [-0.25, -0.2) is 4.99 Å². The van der Waals surface area contributed by atoms with Gasteiger partial charge in [0.2, 0.25) is 0 Å². The molecule has 0 radical (unpaired) electrons. The molecule has 0 amide bonds. The third-order valence-corrected chi connectivity index (χ3v) is 3.60. The molecule has 5 heteroatoms. The van der Waals surface area contributed by atoms with E-state index in [1.807, 2.05) is 49.0 Å². The van der Waals surface area contributed by atoms with Crippen LogP contribution >= 0.6 is 35.7 Å². The summed E-state index contributed by atoms with van der Waals surface area (Å²) in [4.78, 5) is 6.65. The first-order chi connectivity index (χ1) is 8.63. The molecule has 0 bridgehead atoms. The van der Waals surface area contributed by atoms with Crippen molar-refractivity contribution in [3.8, 4) is 0 Å². The lowest BCUT2D eigenvalue weighted by Crippen LogP contribution is -2.39. The van der Waals surface area contributed by atoms with E-state index < -0.39 is 0 Å². The number of rotatable bonds is 5. The monoisotopic (exact) mass is 393 g/mol. The Bertz CT molecular complexity index is 368. The first kappa shape index (κ1) is 18.6. The molecule has 19 heavy (non-hydrogen) atoms. The number of guanidine groups is 1. The molecule has 0 saturated heterocycles. The summed E-state index contributed by atoms with van der Waals surface area (Å²) in [5.74, 6) is 0.944. The van der Waals surface area contributed by atoms with Crippen LogP contribution in [-0.2, 0) is 6.54 Å². The van der Waals surface area contributed by atoms with E-state index in [4.69, 9.17) is 0 Å². The van der Waals surface area contributed by atoms with E-state index in [0.717, 1.165) is 19.0 Å². The fraction of sp³-hybridized carbons (Fsp3) is 0.500. The fourth-order valence-electron chi connectivity index (χ4n) is 1.42. The van der Waals surface area contributed by atoms with Crippen LogP contribution < -0.4 is 5.32 Å². The van der Waals surface area contributed by atoms with Crippen molar-refractivity contribution in [3.05, 3.63) is 35.9 Å². The summed E-state index contributed by atoms with van der Waals surface area (Å²) in [6.07, 6.45) is 2.13. The molecule has 0 aliphatic rings. The van der Waals surface area contributed by atoms with E-state index in [1.54, 1.807) is 0 Å². The van der Waals surface area contributed by atoms with E-state index in [-0.39, 0.29) is 24.0 Å². The molecule has 1 rings (SSSR count). The zero-order valence-corrected chi connectivity index (χ0v) is 15.2. The molecule has 1 unspecified atom stereocenters. The lowest BCUT2D eigenvalue weighted by atomic mass is 10.2. The number of thioether (sulfide) groups is 1. The lowest BCUT2D eigenvalue weighted by molar-refractivity contribution is 0.579. The van der Waals surface area contributed by atoms with Gasteiger partial charge in [-0.15, -0.1) is 24.0 Å². The topological polar surface area (TPSA) is 27.6 Å². The number of benzene rings is 1. The zero-order valence-electron chi connectivity index (χ0n) is 12.1. The average Bonchev–Trinajstić information content (AvgIpc) is 2.39. The predicted octanol–water partition coefficient (Wildman–Crippen LogP) is 3.06. The molecule has 0 fully saturated rings. The van der Waals surface area contributed by atoms with Crippen LogP contribution in [0.15, 0.2) is 35.3 Å². The molecule has 0 heterocycles. The first-order valence-electron chi connectivity index (χ1n) is 6.16. The molecular weight excluding hydrogens is 369 g/mol. The van der Waals surface area contributed by atoms with Gasteiger partial charge < -0.3 is 10.2 Å². The Balaban J connectivity index is 0.00000324. The van der Waals surface area contributed by atoms with Gasteiger partial charge in [-0.1, -0.05) is 37.3 Å². The summed E-state index contributed by atoms with van der Waals surface area (Å²) < 4.78 is 0. The number of nitrogens with one attached hydrogen (secondary N) is 1. The second kappa shape index (κ2) is 10.4. The van der Waals surface area contributed by atoms with Gasteiger partial charge >= 0.3 is 0 Å². The highest BCUT2D eigenvalue weighted by Gasteiger charge is 2.04. The molecule has 0 aromatic heterocycles. The maximum absolute atomic E-state index is 4.62. The Morgan fingerprint density at radius 1 is 1.32 bits per heavy atom. The molecule has 1 atom stereocenters. The van der Waals surface area contributed by atoms with E-state index in [9.17, 15) is 0 Å². The Labute approximate surface area is 138 Å². The minimum absolute atomic E-state index is 0. The van der Waals surface area contributed by atoms with Crippen molar-refractivity contribution in [3.63, 3.8) is 0 Å². The smallest absolute Gasteiger partial charge is 0.193 e. The van der Waals surface area contributed by atoms with Crippen LogP contribution in [0, 0.1) is 0 Å². The molecule has 0 aliphatic heterocycles. The third kappa shape index (κ3) is 7.67. The number of hydrogen-bond donors (Lipinski definition) is 1. The molecule has 0 spiro atoms. The van der Waals surface area contributed by atoms with Gasteiger partial charge in [0.1, 0.15) is 0 Å². The van der Waals surface area contributed by atoms with Gasteiger partial charge in [0.05, 0.1) is 6.54 Å². The molecular formula is C14H24IN3S. The first-order valence-corrected chi connectivity index (χ1v) is 7.44. The van der Waals surface area contributed by atoms with Gasteiger partial charge in [-0.05, 0) is 11.8 Å². The Kier molecular flexibility index (Phi) is 10.1. The second-order valence-corrected chi connectivity index (χ2v) is 5.72. The van der Waals surface area contributed by atoms with Crippen LogP contribution in [0.2, 0.25) is 0 Å². The summed E-state index contributed by atoms with van der Waals surface area (Å²) in [7, 11) is 4.03. The highest BCUT2D eigenvalue weighted by Crippen LogP contribution is 2.03. The minimum atomic E-state index is 0. The zero-order chi connectivity index (χ0) is 13.4. The quantitative estimate of drug-likeness (QED) is 0.474. The SMILES string of the molecule is CSC(C)CNC(=NCc1ccccc1)N(C)C.I. The van der Waals surface area contributed by atoms with Crippen molar-refractivity contribution in [2.24, 2.45) is 4.99 Å². The average molecular weight is 393 g/mol. The predicted molar refractivity (Wildman–Crippen MR) is 97.7 cm³/mol. The summed E-state index contributed by atoms with van der Waals surface area (Å²) in [6.45, 7) is 3.87. The molecule has 1 aromatic rings. The van der Waals surface area contributed by atoms with Crippen LogP contribution in [0.3, 0.4) is 0 Å². The summed E-state index contributed by atoms with van der Waals surface area (Å²) in [6, 6.07) is 10.3. The van der Waals surface area contributed by atoms with Crippen molar-refractivity contribution >= 4 is 41.7 Å². The number of aliphatic imine (C=N–C) groups is 1. The highest BCUT2D eigenvalue weighted by atomic mass is 127. The molecule has 0 aliphatic carbocycles. The van der Waals surface area contributed by atoms with Gasteiger partial charge in [-0.3, -0.25) is 0 Å².